The smallest absolute Gasteiger partial charge is 0.226 e. The van der Waals surface area contributed by atoms with Gasteiger partial charge in [0.15, 0.2) is 28.8 Å². The Morgan fingerprint density at radius 3 is 2.19 bits per heavy atom. The summed E-state index contributed by atoms with van der Waals surface area (Å²) in [5.41, 5.74) is 3.18. The summed E-state index contributed by atoms with van der Waals surface area (Å²) in [6, 6.07) is 8.83. The van der Waals surface area contributed by atoms with E-state index in [0.717, 1.165) is 16.8 Å². The van der Waals surface area contributed by atoms with Gasteiger partial charge in [-0.2, -0.15) is 10.1 Å². The molecule has 0 fully saturated rings. The standard InChI is InChI=1S/C26H28N4O6/c1-32-19-7-6-14(10-21(19)34-3)15-8-17-24(18(31)9-15)25(30-26(29-17)27-13-28-30)16-11-22(35-4)23(36-5)12-20(16)33-2/h6-7,10-13,15,25H,8-9H2,1-5H3,(H,27,28,29). The van der Waals surface area contributed by atoms with Crippen LogP contribution in [0, 0.1) is 0 Å². The van der Waals surface area contributed by atoms with Gasteiger partial charge in [0.2, 0.25) is 5.95 Å². The van der Waals surface area contributed by atoms with Crippen LogP contribution in [0.5, 0.6) is 28.7 Å². The lowest BCUT2D eigenvalue weighted by atomic mass is 9.77. The predicted octanol–water partition coefficient (Wildman–Crippen LogP) is 3.74. The lowest BCUT2D eigenvalue weighted by Crippen LogP contribution is -2.33. The highest BCUT2D eigenvalue weighted by Gasteiger charge is 2.41. The first-order chi connectivity index (χ1) is 17.5. The molecule has 1 N–H and O–H groups in total. The number of fused-ring (bicyclic) bond motifs is 1. The Morgan fingerprint density at radius 1 is 0.833 bits per heavy atom. The number of ketones is 1. The third kappa shape index (κ3) is 3.78. The highest BCUT2D eigenvalue weighted by molar-refractivity contribution is 6.00. The Bertz CT molecular complexity index is 1350. The molecule has 1 aromatic heterocycles. The number of hydrogen-bond donors (Lipinski definition) is 1. The molecule has 2 unspecified atom stereocenters. The number of methoxy groups -OCH3 is 5. The van der Waals surface area contributed by atoms with Gasteiger partial charge in [0.05, 0.1) is 35.5 Å². The van der Waals surface area contributed by atoms with Gasteiger partial charge in [-0.15, -0.1) is 0 Å². The third-order valence-electron chi connectivity index (χ3n) is 6.77. The lowest BCUT2D eigenvalue weighted by molar-refractivity contribution is -0.116. The number of rotatable bonds is 7. The zero-order chi connectivity index (χ0) is 25.4. The number of carbonyl (C=O) groups is 1. The van der Waals surface area contributed by atoms with Crippen LogP contribution < -0.4 is 29.0 Å². The van der Waals surface area contributed by atoms with Crippen LogP contribution in [-0.2, 0) is 4.79 Å². The van der Waals surface area contributed by atoms with Crippen molar-refractivity contribution in [3.8, 4) is 28.7 Å². The fourth-order valence-electron chi connectivity index (χ4n) is 5.05. The quantitative estimate of drug-likeness (QED) is 0.528. The summed E-state index contributed by atoms with van der Waals surface area (Å²) in [5, 5.41) is 7.78. The highest BCUT2D eigenvalue weighted by Crippen LogP contribution is 2.48. The van der Waals surface area contributed by atoms with E-state index < -0.39 is 6.04 Å². The summed E-state index contributed by atoms with van der Waals surface area (Å²) in [6.45, 7) is 0. The molecule has 0 radical (unpaired) electrons. The van der Waals surface area contributed by atoms with E-state index in [2.05, 4.69) is 15.4 Å². The molecule has 1 aliphatic heterocycles. The van der Waals surface area contributed by atoms with Crippen LogP contribution in [-0.4, -0.2) is 56.1 Å². The van der Waals surface area contributed by atoms with Crippen LogP contribution in [0.25, 0.3) is 0 Å². The number of Topliss-reactive ketones (excluding diaryl/α,β-unsaturated/α-hetero) is 1. The lowest BCUT2D eigenvalue weighted by Gasteiger charge is -2.35. The van der Waals surface area contributed by atoms with E-state index >= 15 is 0 Å². The number of nitrogens with one attached hydrogen (secondary N) is 1. The minimum atomic E-state index is -0.535. The van der Waals surface area contributed by atoms with Crippen molar-refractivity contribution in [1.29, 1.82) is 0 Å². The van der Waals surface area contributed by atoms with Crippen molar-refractivity contribution >= 4 is 11.7 Å². The van der Waals surface area contributed by atoms with E-state index in [0.29, 0.717) is 53.1 Å². The van der Waals surface area contributed by atoms with Gasteiger partial charge in [0.25, 0.3) is 0 Å². The number of hydrogen-bond acceptors (Lipinski definition) is 9. The number of aromatic nitrogens is 3. The molecule has 36 heavy (non-hydrogen) atoms. The SMILES string of the molecule is COc1ccc(C2CC(=O)C3=C(C2)Nc2ncnn2C3c2cc(OC)c(OC)cc2OC)cc1OC. The molecule has 2 atom stereocenters. The summed E-state index contributed by atoms with van der Waals surface area (Å²) in [7, 11) is 7.92. The predicted molar refractivity (Wildman–Crippen MR) is 131 cm³/mol. The number of anilines is 1. The molecule has 0 bridgehead atoms. The molecule has 10 nitrogen and oxygen atoms in total. The maximum Gasteiger partial charge on any atom is 0.226 e. The maximum absolute atomic E-state index is 13.8. The molecule has 10 heteroatoms. The summed E-state index contributed by atoms with van der Waals surface area (Å²) in [5.74, 6) is 3.43. The minimum absolute atomic E-state index is 0.0199. The van der Waals surface area contributed by atoms with Crippen molar-refractivity contribution in [2.75, 3.05) is 40.9 Å². The van der Waals surface area contributed by atoms with Gasteiger partial charge in [-0.1, -0.05) is 6.07 Å². The largest absolute Gasteiger partial charge is 0.496 e. The van der Waals surface area contributed by atoms with Crippen LogP contribution in [0.4, 0.5) is 5.95 Å². The van der Waals surface area contributed by atoms with Crippen molar-refractivity contribution in [1.82, 2.24) is 14.8 Å². The van der Waals surface area contributed by atoms with Crippen LogP contribution >= 0.6 is 0 Å². The first-order valence-electron chi connectivity index (χ1n) is 11.5. The zero-order valence-electron chi connectivity index (χ0n) is 20.8. The molecule has 1 aliphatic carbocycles. The van der Waals surface area contributed by atoms with Gasteiger partial charge in [-0.25, -0.2) is 4.68 Å². The van der Waals surface area contributed by atoms with Crippen LogP contribution in [0.1, 0.15) is 35.9 Å². The number of benzene rings is 2. The molecule has 5 rings (SSSR count). The van der Waals surface area contributed by atoms with Crippen LogP contribution in [0.15, 0.2) is 47.9 Å². The Balaban J connectivity index is 1.61. The number of nitrogens with zero attached hydrogens (tertiary/aromatic N) is 3. The summed E-state index contributed by atoms with van der Waals surface area (Å²) in [6.07, 6.45) is 2.43. The van der Waals surface area contributed by atoms with Crippen molar-refractivity contribution in [3.63, 3.8) is 0 Å². The molecule has 0 saturated heterocycles. The van der Waals surface area contributed by atoms with Crippen molar-refractivity contribution < 1.29 is 28.5 Å². The molecule has 188 valence electrons. The number of carbonyl (C=O) groups excluding carboxylic acids is 1. The van der Waals surface area contributed by atoms with E-state index in [-0.39, 0.29) is 11.7 Å². The monoisotopic (exact) mass is 492 g/mol. The van der Waals surface area contributed by atoms with Gasteiger partial charge in [-0.3, -0.25) is 4.79 Å². The van der Waals surface area contributed by atoms with Crippen molar-refractivity contribution in [2.45, 2.75) is 24.8 Å². The Kier molecular flexibility index (Phi) is 6.17. The Hall–Kier alpha value is -4.21. The van der Waals surface area contributed by atoms with E-state index in [4.69, 9.17) is 23.7 Å². The average Bonchev–Trinajstić information content (AvgIpc) is 3.38. The van der Waals surface area contributed by atoms with E-state index in [9.17, 15) is 4.79 Å². The second-order valence-corrected chi connectivity index (χ2v) is 8.54. The molecule has 2 aromatic carbocycles. The summed E-state index contributed by atoms with van der Waals surface area (Å²) >= 11 is 0. The second kappa shape index (κ2) is 9.44. The third-order valence-corrected chi connectivity index (χ3v) is 6.77. The van der Waals surface area contributed by atoms with Crippen LogP contribution in [0.3, 0.4) is 0 Å². The molecular formula is C26H28N4O6. The van der Waals surface area contributed by atoms with Crippen molar-refractivity contribution in [2.24, 2.45) is 0 Å². The first-order valence-corrected chi connectivity index (χ1v) is 11.5. The summed E-state index contributed by atoms with van der Waals surface area (Å²) < 4.78 is 29.3. The first kappa shape index (κ1) is 23.5. The topological polar surface area (TPSA) is 106 Å². The molecule has 2 heterocycles. The van der Waals surface area contributed by atoms with Crippen molar-refractivity contribution in [3.05, 3.63) is 59.1 Å². The molecule has 0 saturated carbocycles. The number of ether oxygens (including phenoxy) is 5. The van der Waals surface area contributed by atoms with Gasteiger partial charge in [0, 0.05) is 29.3 Å². The molecule has 2 aliphatic rings. The van der Waals surface area contributed by atoms with Gasteiger partial charge >= 0.3 is 0 Å². The molecular weight excluding hydrogens is 464 g/mol. The van der Waals surface area contributed by atoms with Gasteiger partial charge < -0.3 is 29.0 Å². The normalized spacial score (nSPS) is 18.6. The fraction of sp³-hybridized carbons (Fsp3) is 0.346. The van der Waals surface area contributed by atoms with E-state index in [1.54, 1.807) is 46.3 Å². The Morgan fingerprint density at radius 2 is 1.50 bits per heavy atom. The molecule has 0 amide bonds. The summed E-state index contributed by atoms with van der Waals surface area (Å²) in [4.78, 5) is 18.2. The number of allylic oxidation sites excluding steroid dienone is 2. The highest BCUT2D eigenvalue weighted by atomic mass is 16.5. The second-order valence-electron chi connectivity index (χ2n) is 8.54. The fourth-order valence-corrected chi connectivity index (χ4v) is 5.05. The molecule has 3 aromatic rings. The average molecular weight is 493 g/mol. The van der Waals surface area contributed by atoms with Crippen LogP contribution in [0.2, 0.25) is 0 Å². The maximum atomic E-state index is 13.8. The van der Waals surface area contributed by atoms with Gasteiger partial charge in [0.1, 0.15) is 18.1 Å². The molecule has 0 spiro atoms. The zero-order valence-corrected chi connectivity index (χ0v) is 20.8. The van der Waals surface area contributed by atoms with Gasteiger partial charge in [-0.05, 0) is 36.1 Å². The minimum Gasteiger partial charge on any atom is -0.496 e. The van der Waals surface area contributed by atoms with E-state index in [1.807, 2.05) is 24.3 Å². The van der Waals surface area contributed by atoms with E-state index in [1.165, 1.54) is 6.33 Å². The Labute approximate surface area is 208 Å².